The van der Waals surface area contributed by atoms with Crippen LogP contribution in [0.15, 0.2) is 85.5 Å². The molecule has 0 atom stereocenters. The summed E-state index contributed by atoms with van der Waals surface area (Å²) in [6, 6.07) is 26.4. The van der Waals surface area contributed by atoms with Crippen molar-refractivity contribution in [3.63, 3.8) is 0 Å². The number of nitrogens with zero attached hydrogens (tertiary/aromatic N) is 1. The van der Waals surface area contributed by atoms with E-state index < -0.39 is 0 Å². The molecule has 26 heavy (non-hydrogen) atoms. The van der Waals surface area contributed by atoms with Crippen molar-refractivity contribution < 1.29 is 0 Å². The summed E-state index contributed by atoms with van der Waals surface area (Å²) in [7, 11) is 0. The maximum atomic E-state index is 8.82. The lowest BCUT2D eigenvalue weighted by atomic mass is 10.0. The lowest BCUT2D eigenvalue weighted by molar-refractivity contribution is 1.00. The van der Waals surface area contributed by atoms with E-state index in [2.05, 4.69) is 60.9 Å². The molecule has 0 aromatic heterocycles. The van der Waals surface area contributed by atoms with E-state index >= 15 is 0 Å². The monoisotopic (exact) mass is 333 g/mol. The Morgan fingerprint density at radius 2 is 1.15 bits per heavy atom. The molecule has 0 N–H and O–H groups in total. The molecule has 1 heteroatoms. The number of benzene rings is 3. The van der Waals surface area contributed by atoms with Gasteiger partial charge in [-0.1, -0.05) is 54.3 Å². The third kappa shape index (κ3) is 4.50. The first kappa shape index (κ1) is 17.3. The molecule has 3 aromatic rings. The van der Waals surface area contributed by atoms with E-state index in [1.807, 2.05) is 30.3 Å². The number of hydrogen-bond donors (Lipinski definition) is 0. The number of allylic oxidation sites excluding steroid dienone is 1. The quantitative estimate of drug-likeness (QED) is 0.441. The van der Waals surface area contributed by atoms with Gasteiger partial charge in [-0.05, 0) is 65.9 Å². The molecule has 0 bridgehead atoms. The Hall–Kier alpha value is -3.55. The van der Waals surface area contributed by atoms with Crippen molar-refractivity contribution in [3.8, 4) is 29.0 Å². The van der Waals surface area contributed by atoms with E-state index in [1.165, 1.54) is 16.7 Å². The Labute approximate surface area is 155 Å². The third-order valence-electron chi connectivity index (χ3n) is 4.17. The van der Waals surface area contributed by atoms with Gasteiger partial charge in [0.15, 0.2) is 0 Å². The van der Waals surface area contributed by atoms with Gasteiger partial charge in [-0.15, -0.1) is 6.58 Å². The van der Waals surface area contributed by atoms with Crippen molar-refractivity contribution in [2.45, 2.75) is 12.8 Å². The van der Waals surface area contributed by atoms with Crippen molar-refractivity contribution >= 4 is 0 Å². The molecule has 0 aliphatic heterocycles. The van der Waals surface area contributed by atoms with E-state index in [0.29, 0.717) is 5.56 Å². The van der Waals surface area contributed by atoms with Crippen LogP contribution in [-0.4, -0.2) is 0 Å². The first-order chi connectivity index (χ1) is 12.8. The highest BCUT2D eigenvalue weighted by molar-refractivity contribution is 5.64. The minimum atomic E-state index is 0.649. The van der Waals surface area contributed by atoms with Gasteiger partial charge in [0, 0.05) is 11.1 Å². The lowest BCUT2D eigenvalue weighted by Crippen LogP contribution is -1.84. The second kappa shape index (κ2) is 8.52. The normalized spacial score (nSPS) is 9.65. The van der Waals surface area contributed by atoms with Gasteiger partial charge in [-0.2, -0.15) is 5.26 Å². The van der Waals surface area contributed by atoms with Gasteiger partial charge < -0.3 is 0 Å². The number of nitriles is 1. The van der Waals surface area contributed by atoms with Crippen LogP contribution in [0, 0.1) is 23.2 Å². The SMILES string of the molecule is C=CCCc1ccc(-c2ccc(C#Cc3ccc(C#N)cc3)cc2)cc1. The van der Waals surface area contributed by atoms with Crippen LogP contribution >= 0.6 is 0 Å². The van der Waals surface area contributed by atoms with Crippen LogP contribution in [0.4, 0.5) is 0 Å². The molecule has 0 amide bonds. The van der Waals surface area contributed by atoms with Gasteiger partial charge in [0.2, 0.25) is 0 Å². The summed E-state index contributed by atoms with van der Waals surface area (Å²) < 4.78 is 0. The molecule has 0 saturated carbocycles. The van der Waals surface area contributed by atoms with Gasteiger partial charge in [0.25, 0.3) is 0 Å². The molecule has 1 nitrogen and oxygen atoms in total. The van der Waals surface area contributed by atoms with Gasteiger partial charge in [-0.25, -0.2) is 0 Å². The fourth-order valence-electron chi connectivity index (χ4n) is 2.65. The minimum absolute atomic E-state index is 0.649. The van der Waals surface area contributed by atoms with E-state index in [-0.39, 0.29) is 0 Å². The van der Waals surface area contributed by atoms with Crippen molar-refractivity contribution in [3.05, 3.63) is 108 Å². The summed E-state index contributed by atoms with van der Waals surface area (Å²) in [5.41, 5.74) is 6.25. The molecule has 0 aliphatic carbocycles. The summed E-state index contributed by atoms with van der Waals surface area (Å²) in [5.74, 6) is 6.30. The van der Waals surface area contributed by atoms with Gasteiger partial charge in [0.1, 0.15) is 0 Å². The standard InChI is InChI=1S/C25H19N/c1-2-3-4-20-11-15-24(16-12-20)25-17-13-22(14-18-25)6-5-21-7-9-23(19-26)10-8-21/h2,7-18H,1,3-4H2. The van der Waals surface area contributed by atoms with Crippen molar-refractivity contribution in [1.82, 2.24) is 0 Å². The molecule has 0 radical (unpaired) electrons. The Bertz CT molecular complexity index is 974. The highest BCUT2D eigenvalue weighted by atomic mass is 14.2. The van der Waals surface area contributed by atoms with Crippen molar-refractivity contribution in [1.29, 1.82) is 5.26 Å². The van der Waals surface area contributed by atoms with E-state index in [0.717, 1.165) is 24.0 Å². The van der Waals surface area contributed by atoms with Crippen LogP contribution < -0.4 is 0 Å². The summed E-state index contributed by atoms with van der Waals surface area (Å²) in [5, 5.41) is 8.82. The maximum absolute atomic E-state index is 8.82. The van der Waals surface area contributed by atoms with Crippen LogP contribution in [-0.2, 0) is 6.42 Å². The summed E-state index contributed by atoms with van der Waals surface area (Å²) in [4.78, 5) is 0. The molecular formula is C25H19N. The maximum Gasteiger partial charge on any atom is 0.0991 e. The molecule has 0 saturated heterocycles. The number of aryl methyl sites for hydroxylation is 1. The van der Waals surface area contributed by atoms with Crippen LogP contribution in [0.2, 0.25) is 0 Å². The van der Waals surface area contributed by atoms with Crippen LogP contribution in [0.3, 0.4) is 0 Å². The minimum Gasteiger partial charge on any atom is -0.192 e. The highest BCUT2D eigenvalue weighted by Crippen LogP contribution is 2.20. The Morgan fingerprint density at radius 3 is 1.65 bits per heavy atom. The topological polar surface area (TPSA) is 23.8 Å². The second-order valence-electron chi connectivity index (χ2n) is 6.04. The zero-order valence-corrected chi connectivity index (χ0v) is 14.6. The fourth-order valence-corrected chi connectivity index (χ4v) is 2.65. The summed E-state index contributed by atoms with van der Waals surface area (Å²) in [6.45, 7) is 3.77. The average Bonchev–Trinajstić information content (AvgIpc) is 2.72. The van der Waals surface area contributed by atoms with E-state index in [4.69, 9.17) is 5.26 Å². The molecule has 3 rings (SSSR count). The predicted octanol–water partition coefficient (Wildman–Crippen LogP) is 5.74. The van der Waals surface area contributed by atoms with E-state index in [9.17, 15) is 0 Å². The molecule has 0 spiro atoms. The van der Waals surface area contributed by atoms with Gasteiger partial charge in [0.05, 0.1) is 11.6 Å². The van der Waals surface area contributed by atoms with Crippen molar-refractivity contribution in [2.24, 2.45) is 0 Å². The first-order valence-corrected chi connectivity index (χ1v) is 8.61. The smallest absolute Gasteiger partial charge is 0.0991 e. The van der Waals surface area contributed by atoms with E-state index in [1.54, 1.807) is 12.1 Å². The first-order valence-electron chi connectivity index (χ1n) is 8.61. The molecule has 0 unspecified atom stereocenters. The average molecular weight is 333 g/mol. The largest absolute Gasteiger partial charge is 0.192 e. The molecule has 0 heterocycles. The molecule has 0 aliphatic rings. The van der Waals surface area contributed by atoms with Gasteiger partial charge in [-0.3, -0.25) is 0 Å². The summed E-state index contributed by atoms with van der Waals surface area (Å²) >= 11 is 0. The number of hydrogen-bond acceptors (Lipinski definition) is 1. The van der Waals surface area contributed by atoms with Crippen molar-refractivity contribution in [2.75, 3.05) is 0 Å². The Balaban J connectivity index is 1.71. The van der Waals surface area contributed by atoms with Crippen LogP contribution in [0.25, 0.3) is 11.1 Å². The second-order valence-corrected chi connectivity index (χ2v) is 6.04. The zero-order valence-electron chi connectivity index (χ0n) is 14.6. The highest BCUT2D eigenvalue weighted by Gasteiger charge is 1.98. The van der Waals surface area contributed by atoms with Crippen LogP contribution in [0.1, 0.15) is 28.7 Å². The zero-order chi connectivity index (χ0) is 18.2. The lowest BCUT2D eigenvalue weighted by Gasteiger charge is -2.04. The van der Waals surface area contributed by atoms with Crippen LogP contribution in [0.5, 0.6) is 0 Å². The predicted molar refractivity (Wildman–Crippen MR) is 108 cm³/mol. The Morgan fingerprint density at radius 1 is 0.692 bits per heavy atom. The molecule has 0 fully saturated rings. The third-order valence-corrected chi connectivity index (χ3v) is 4.17. The van der Waals surface area contributed by atoms with Gasteiger partial charge >= 0.3 is 0 Å². The molecule has 124 valence electrons. The molecule has 3 aromatic carbocycles. The molecular weight excluding hydrogens is 314 g/mol. The number of rotatable bonds is 4. The summed E-state index contributed by atoms with van der Waals surface area (Å²) in [6.07, 6.45) is 3.99. The Kier molecular flexibility index (Phi) is 5.66. The fraction of sp³-hybridized carbons (Fsp3) is 0.0800.